The lowest BCUT2D eigenvalue weighted by atomic mass is 10.1. The van der Waals surface area contributed by atoms with Crippen LogP contribution in [0.3, 0.4) is 0 Å². The molecule has 1 unspecified atom stereocenters. The van der Waals surface area contributed by atoms with Crippen molar-refractivity contribution in [2.75, 3.05) is 13.1 Å². The number of nitrogens with two attached hydrogens (primary N) is 2. The van der Waals surface area contributed by atoms with Crippen LogP contribution in [0, 0.1) is 0 Å². The Morgan fingerprint density at radius 1 is 1.05 bits per heavy atom. The molecule has 0 heterocycles. The Bertz CT molecular complexity index is 303. The van der Waals surface area contributed by atoms with Crippen LogP contribution in [0.1, 0.15) is 71.1 Å². The van der Waals surface area contributed by atoms with Gasteiger partial charge in [0.1, 0.15) is 0 Å². The molecule has 0 saturated heterocycles. The van der Waals surface area contributed by atoms with Crippen LogP contribution in [0.25, 0.3) is 0 Å². The lowest BCUT2D eigenvalue weighted by Crippen LogP contribution is -2.78. The standard InChI is InChI=1S/C16H35N5O/c1-2-3-4-5-6-7-8-9-12-20-15(22)14(17)11-10-13-21-16(18)19/h14H,2-13,17H2,1H3,(H,20,22)(H4,18,19,21)/p+2. The molecule has 0 saturated carbocycles. The van der Waals surface area contributed by atoms with Crippen LogP contribution in [0.2, 0.25) is 0 Å². The molecule has 22 heavy (non-hydrogen) atoms. The van der Waals surface area contributed by atoms with Crippen molar-refractivity contribution in [3.8, 4) is 0 Å². The highest BCUT2D eigenvalue weighted by Crippen LogP contribution is 2.07. The second-order valence-electron chi connectivity index (χ2n) is 5.99. The van der Waals surface area contributed by atoms with Gasteiger partial charge in [0.05, 0.1) is 6.54 Å². The first kappa shape index (κ1) is 20.7. The van der Waals surface area contributed by atoms with Crippen molar-refractivity contribution in [1.29, 1.82) is 0 Å². The fourth-order valence-electron chi connectivity index (χ4n) is 2.33. The van der Waals surface area contributed by atoms with Crippen LogP contribution in [-0.2, 0) is 4.79 Å². The monoisotopic (exact) mass is 315 g/mol. The van der Waals surface area contributed by atoms with Gasteiger partial charge >= 0.3 is 5.96 Å². The van der Waals surface area contributed by atoms with E-state index in [1.54, 1.807) is 0 Å². The van der Waals surface area contributed by atoms with Crippen molar-refractivity contribution in [3.05, 3.63) is 0 Å². The van der Waals surface area contributed by atoms with Gasteiger partial charge in [-0.15, -0.1) is 0 Å². The molecule has 0 radical (unpaired) electrons. The molecular weight excluding hydrogens is 278 g/mol. The molecule has 0 aliphatic rings. The van der Waals surface area contributed by atoms with E-state index in [0.29, 0.717) is 6.54 Å². The van der Waals surface area contributed by atoms with Crippen molar-refractivity contribution in [2.45, 2.75) is 77.2 Å². The summed E-state index contributed by atoms with van der Waals surface area (Å²) in [6.45, 7) is 3.68. The van der Waals surface area contributed by atoms with E-state index in [0.717, 1.165) is 25.8 Å². The van der Waals surface area contributed by atoms with E-state index >= 15 is 0 Å². The smallest absolute Gasteiger partial charge is 0.338 e. The molecule has 6 heteroatoms. The molecular formula is C16H37N5O+2. The Morgan fingerprint density at radius 2 is 1.64 bits per heavy atom. The first-order valence-electron chi connectivity index (χ1n) is 8.80. The van der Waals surface area contributed by atoms with Gasteiger partial charge in [0.15, 0.2) is 6.04 Å². The molecule has 0 rings (SSSR count). The number of rotatable bonds is 14. The number of nitrogens with one attached hydrogen (secondary N) is 2. The Balaban J connectivity index is 3.42. The second kappa shape index (κ2) is 14.6. The molecule has 0 fully saturated rings. The van der Waals surface area contributed by atoms with Gasteiger partial charge in [-0.05, 0) is 12.8 Å². The molecule has 130 valence electrons. The van der Waals surface area contributed by atoms with Crippen LogP contribution in [0.15, 0.2) is 0 Å². The zero-order valence-corrected chi connectivity index (χ0v) is 14.3. The molecule has 0 aliphatic carbocycles. The highest BCUT2D eigenvalue weighted by Gasteiger charge is 2.15. The van der Waals surface area contributed by atoms with E-state index in [4.69, 9.17) is 11.5 Å². The lowest BCUT2D eigenvalue weighted by molar-refractivity contribution is -0.463. The largest absolute Gasteiger partial charge is 0.351 e. The summed E-state index contributed by atoms with van der Waals surface area (Å²) in [5.41, 5.74) is 14.5. The van der Waals surface area contributed by atoms with Gasteiger partial charge in [0.25, 0.3) is 5.91 Å². The zero-order chi connectivity index (χ0) is 16.6. The van der Waals surface area contributed by atoms with Gasteiger partial charge in [-0.2, -0.15) is 0 Å². The SMILES string of the molecule is CCCCCCCCCCNC(=O)C([NH3+])CCC[NH+]=C(N)N. The maximum Gasteiger partial charge on any atom is 0.338 e. The van der Waals surface area contributed by atoms with E-state index in [2.05, 4.69) is 23.0 Å². The van der Waals surface area contributed by atoms with E-state index < -0.39 is 0 Å². The summed E-state index contributed by atoms with van der Waals surface area (Å²) >= 11 is 0. The van der Waals surface area contributed by atoms with Crippen LogP contribution in [0.4, 0.5) is 0 Å². The molecule has 1 atom stereocenters. The number of amides is 1. The van der Waals surface area contributed by atoms with Crippen LogP contribution in [-0.4, -0.2) is 31.0 Å². The molecule has 0 bridgehead atoms. The molecule has 0 aromatic heterocycles. The number of carbonyl (C=O) groups excluding carboxylic acids is 1. The van der Waals surface area contributed by atoms with Gasteiger partial charge in [0.2, 0.25) is 0 Å². The number of unbranched alkanes of at least 4 members (excludes halogenated alkanes) is 7. The summed E-state index contributed by atoms with van der Waals surface area (Å²) in [5, 5.41) is 2.97. The molecule has 0 aliphatic heterocycles. The Morgan fingerprint density at radius 3 is 2.23 bits per heavy atom. The third-order valence-corrected chi connectivity index (χ3v) is 3.76. The maximum absolute atomic E-state index is 11.8. The van der Waals surface area contributed by atoms with E-state index in [1.165, 1.54) is 44.9 Å². The Labute approximate surface area is 135 Å². The third kappa shape index (κ3) is 13.7. The fraction of sp³-hybridized carbons (Fsp3) is 0.875. The summed E-state index contributed by atoms with van der Waals surface area (Å²) in [7, 11) is 0. The van der Waals surface area contributed by atoms with Gasteiger partial charge in [-0.3, -0.25) is 21.3 Å². The minimum atomic E-state index is -0.199. The Kier molecular flexibility index (Phi) is 13.8. The van der Waals surface area contributed by atoms with Gasteiger partial charge in [-0.25, -0.2) is 0 Å². The highest BCUT2D eigenvalue weighted by molar-refractivity contribution is 5.79. The summed E-state index contributed by atoms with van der Waals surface area (Å²) in [4.78, 5) is 14.7. The van der Waals surface area contributed by atoms with Crippen molar-refractivity contribution < 1.29 is 15.5 Å². The average molecular weight is 316 g/mol. The van der Waals surface area contributed by atoms with Crippen molar-refractivity contribution >= 4 is 11.9 Å². The zero-order valence-electron chi connectivity index (χ0n) is 14.3. The molecule has 0 aromatic carbocycles. The molecule has 0 aromatic rings. The van der Waals surface area contributed by atoms with Crippen molar-refractivity contribution in [1.82, 2.24) is 5.32 Å². The van der Waals surface area contributed by atoms with E-state index in [1.807, 2.05) is 0 Å². The number of quaternary nitrogens is 1. The van der Waals surface area contributed by atoms with Gasteiger partial charge in [-0.1, -0.05) is 51.9 Å². The van der Waals surface area contributed by atoms with Gasteiger partial charge in [0, 0.05) is 13.0 Å². The minimum absolute atomic E-state index is 0.0487. The topological polar surface area (TPSA) is 123 Å². The van der Waals surface area contributed by atoms with Crippen LogP contribution in [0.5, 0.6) is 0 Å². The van der Waals surface area contributed by atoms with E-state index in [9.17, 15) is 4.79 Å². The normalized spacial score (nSPS) is 11.9. The van der Waals surface area contributed by atoms with Crippen molar-refractivity contribution in [3.63, 3.8) is 0 Å². The summed E-state index contributed by atoms with van der Waals surface area (Å²) in [6, 6.07) is -0.199. The molecule has 1 amide bonds. The predicted molar refractivity (Wildman–Crippen MR) is 90.7 cm³/mol. The average Bonchev–Trinajstić information content (AvgIpc) is 2.49. The summed E-state index contributed by atoms with van der Waals surface area (Å²) < 4.78 is 0. The number of carbonyl (C=O) groups is 1. The number of guanidine groups is 1. The van der Waals surface area contributed by atoms with Crippen LogP contribution < -0.4 is 27.5 Å². The fourth-order valence-corrected chi connectivity index (χ4v) is 2.33. The summed E-state index contributed by atoms with van der Waals surface area (Å²) in [6.07, 6.45) is 11.8. The highest BCUT2D eigenvalue weighted by atomic mass is 16.2. The number of hydrogen-bond acceptors (Lipinski definition) is 1. The maximum atomic E-state index is 11.8. The van der Waals surface area contributed by atoms with Gasteiger partial charge < -0.3 is 11.1 Å². The quantitative estimate of drug-likeness (QED) is 0.160. The first-order chi connectivity index (χ1) is 10.6. The molecule has 9 N–H and O–H groups in total. The first-order valence-corrected chi connectivity index (χ1v) is 8.80. The predicted octanol–water partition coefficient (Wildman–Crippen LogP) is -1.01. The number of hydrogen-bond donors (Lipinski definition) is 5. The van der Waals surface area contributed by atoms with Crippen molar-refractivity contribution in [2.24, 2.45) is 11.5 Å². The Hall–Kier alpha value is -1.30. The lowest BCUT2D eigenvalue weighted by Gasteiger charge is -2.09. The third-order valence-electron chi connectivity index (χ3n) is 3.76. The minimum Gasteiger partial charge on any atom is -0.351 e. The van der Waals surface area contributed by atoms with Crippen LogP contribution >= 0.6 is 0 Å². The summed E-state index contributed by atoms with van der Waals surface area (Å²) in [5.74, 6) is 0.271. The van der Waals surface area contributed by atoms with E-state index in [-0.39, 0.29) is 17.9 Å². The molecule has 6 nitrogen and oxygen atoms in total. The molecule has 0 spiro atoms. The second-order valence-corrected chi connectivity index (χ2v) is 5.99.